The van der Waals surface area contributed by atoms with E-state index in [4.69, 9.17) is 3.79 Å². The van der Waals surface area contributed by atoms with Crippen LogP contribution in [0.25, 0.3) is 0 Å². The fourth-order valence-corrected chi connectivity index (χ4v) is 5.85. The predicted octanol–water partition coefficient (Wildman–Crippen LogP) is 7.92. The van der Waals surface area contributed by atoms with Crippen LogP contribution < -0.4 is 3.79 Å². The fraction of sp³-hybridized carbons (Fsp3) is 0.727. The van der Waals surface area contributed by atoms with E-state index in [9.17, 15) is 4.39 Å². The molecule has 142 valence electrons. The standard InChI is InChI=1S/2C8H17.C6H5FO.Al/c2*1-3-5-7-8-6-4-2;7-5-3-1-2-4-6(5)8;/h2*1,3-8H2,2H3;1-4,8H;/q;;;+1/p-1. The summed E-state index contributed by atoms with van der Waals surface area (Å²) in [6.45, 7) is 4.51. The van der Waals surface area contributed by atoms with Crippen LogP contribution in [0.2, 0.25) is 10.6 Å². The van der Waals surface area contributed by atoms with Gasteiger partial charge in [0.2, 0.25) is 0 Å². The van der Waals surface area contributed by atoms with Gasteiger partial charge in [0.25, 0.3) is 0 Å². The minimum absolute atomic E-state index is 0.203. The minimum atomic E-state index is -1.35. The Labute approximate surface area is 160 Å². The van der Waals surface area contributed by atoms with Crippen LogP contribution in [0, 0.1) is 5.82 Å². The second kappa shape index (κ2) is 15.7. The molecule has 0 N–H and O–H groups in total. The van der Waals surface area contributed by atoms with Crippen LogP contribution in [0.15, 0.2) is 24.3 Å². The molecule has 0 saturated carbocycles. The molecule has 0 fully saturated rings. The smallest absolute Gasteiger partial charge is 0.546 e. The molecule has 0 aliphatic heterocycles. The molecular formula is C22H38AlFO. The summed E-state index contributed by atoms with van der Waals surface area (Å²) in [6, 6.07) is 6.91. The highest BCUT2D eigenvalue weighted by Gasteiger charge is 2.23. The van der Waals surface area contributed by atoms with Crippen molar-refractivity contribution < 1.29 is 8.18 Å². The van der Waals surface area contributed by atoms with Crippen LogP contribution >= 0.6 is 0 Å². The predicted molar refractivity (Wildman–Crippen MR) is 109 cm³/mol. The number of unbranched alkanes of at least 4 members (excludes halogenated alkanes) is 10. The quantitative estimate of drug-likeness (QED) is 0.214. The van der Waals surface area contributed by atoms with E-state index in [1.165, 1.54) is 93.7 Å². The van der Waals surface area contributed by atoms with Gasteiger partial charge >= 0.3 is 14.5 Å². The summed E-state index contributed by atoms with van der Waals surface area (Å²) in [5.74, 6) is 0.280. The monoisotopic (exact) mass is 364 g/mol. The molecule has 0 unspecified atom stereocenters. The molecule has 0 aliphatic rings. The molecule has 0 saturated heterocycles. The first-order valence-electron chi connectivity index (χ1n) is 10.7. The van der Waals surface area contributed by atoms with E-state index in [1.807, 2.05) is 6.07 Å². The summed E-state index contributed by atoms with van der Waals surface area (Å²) in [7, 11) is 0. The second-order valence-electron chi connectivity index (χ2n) is 7.28. The molecule has 1 aromatic rings. The van der Waals surface area contributed by atoms with Crippen molar-refractivity contribution in [3.05, 3.63) is 30.1 Å². The van der Waals surface area contributed by atoms with Gasteiger partial charge in [-0.25, -0.2) is 4.39 Å². The SMILES string of the molecule is CCCCCCC[CH2][Al]([CH2]CCCCCCC)[O]c1ccccc1F. The lowest BCUT2D eigenvalue weighted by Crippen LogP contribution is -2.22. The number of halogens is 1. The maximum absolute atomic E-state index is 13.9. The van der Waals surface area contributed by atoms with Crippen LogP contribution in [-0.2, 0) is 0 Å². The maximum Gasteiger partial charge on any atom is 0.546 e. The number of hydrogen-bond donors (Lipinski definition) is 0. The third-order valence-electron chi connectivity index (χ3n) is 4.89. The van der Waals surface area contributed by atoms with E-state index >= 15 is 0 Å². The number of para-hydroxylation sites is 1. The Morgan fingerprint density at radius 2 is 1.20 bits per heavy atom. The summed E-state index contributed by atoms with van der Waals surface area (Å²) in [6.07, 6.45) is 15.8. The van der Waals surface area contributed by atoms with Gasteiger partial charge in [0, 0.05) is 0 Å². The molecule has 0 heterocycles. The molecule has 3 heteroatoms. The molecule has 1 aromatic carbocycles. The van der Waals surface area contributed by atoms with Crippen LogP contribution in [0.1, 0.15) is 90.9 Å². The van der Waals surface area contributed by atoms with E-state index in [1.54, 1.807) is 12.1 Å². The second-order valence-corrected chi connectivity index (χ2v) is 9.92. The first kappa shape index (κ1) is 22.5. The third-order valence-corrected chi connectivity index (χ3v) is 7.58. The third kappa shape index (κ3) is 11.7. The molecule has 0 atom stereocenters. The summed E-state index contributed by atoms with van der Waals surface area (Å²) in [4.78, 5) is 0. The van der Waals surface area contributed by atoms with E-state index in [2.05, 4.69) is 13.8 Å². The molecule has 0 amide bonds. The Bertz CT molecular complexity index is 408. The Morgan fingerprint density at radius 1 is 0.720 bits per heavy atom. The first-order valence-corrected chi connectivity index (χ1v) is 12.8. The zero-order valence-corrected chi connectivity index (χ0v) is 17.7. The highest BCUT2D eigenvalue weighted by Crippen LogP contribution is 2.21. The number of hydrogen-bond acceptors (Lipinski definition) is 1. The summed E-state index contributed by atoms with van der Waals surface area (Å²) in [5.41, 5.74) is 0. The van der Waals surface area contributed by atoms with E-state index in [0.29, 0.717) is 5.75 Å². The maximum atomic E-state index is 13.9. The fourth-order valence-electron chi connectivity index (χ4n) is 3.29. The lowest BCUT2D eigenvalue weighted by molar-refractivity contribution is 0.491. The van der Waals surface area contributed by atoms with Gasteiger partial charge in [-0.3, -0.25) is 0 Å². The molecule has 1 nitrogen and oxygen atoms in total. The van der Waals surface area contributed by atoms with Crippen molar-refractivity contribution >= 4 is 14.5 Å². The zero-order valence-electron chi connectivity index (χ0n) is 16.6. The van der Waals surface area contributed by atoms with Crippen molar-refractivity contribution in [3.63, 3.8) is 0 Å². The van der Waals surface area contributed by atoms with Gasteiger partial charge in [-0.2, -0.15) is 0 Å². The molecule has 0 spiro atoms. The van der Waals surface area contributed by atoms with Gasteiger partial charge in [0.1, 0.15) is 5.75 Å². The highest BCUT2D eigenvalue weighted by molar-refractivity contribution is 6.52. The largest absolute Gasteiger partial charge is 0.641 e. The highest BCUT2D eigenvalue weighted by atomic mass is 27.2. The van der Waals surface area contributed by atoms with Gasteiger partial charge in [0.05, 0.1) is 0 Å². The molecule has 0 bridgehead atoms. The van der Waals surface area contributed by atoms with E-state index in [-0.39, 0.29) is 5.82 Å². The summed E-state index contributed by atoms with van der Waals surface area (Å²) in [5, 5.41) is 2.38. The minimum Gasteiger partial charge on any atom is -0.641 e. The van der Waals surface area contributed by atoms with Crippen molar-refractivity contribution in [2.45, 2.75) is 101 Å². The van der Waals surface area contributed by atoms with Crippen LogP contribution in [-0.4, -0.2) is 14.5 Å². The molecule has 0 aromatic heterocycles. The average molecular weight is 365 g/mol. The molecule has 25 heavy (non-hydrogen) atoms. The number of benzene rings is 1. The summed E-state index contributed by atoms with van der Waals surface area (Å²) < 4.78 is 20.1. The van der Waals surface area contributed by atoms with Crippen LogP contribution in [0.3, 0.4) is 0 Å². The average Bonchev–Trinajstić information content (AvgIpc) is 2.62. The summed E-state index contributed by atoms with van der Waals surface area (Å²) >= 11 is -1.35. The topological polar surface area (TPSA) is 9.23 Å². The van der Waals surface area contributed by atoms with Crippen LogP contribution in [0.4, 0.5) is 4.39 Å². The lowest BCUT2D eigenvalue weighted by Gasteiger charge is -2.16. The normalized spacial score (nSPS) is 10.8. The van der Waals surface area contributed by atoms with Crippen molar-refractivity contribution in [1.82, 2.24) is 0 Å². The van der Waals surface area contributed by atoms with Gasteiger partial charge in [-0.1, -0.05) is 114 Å². The molecule has 0 aliphatic carbocycles. The van der Waals surface area contributed by atoms with Gasteiger partial charge in [-0.05, 0) is 12.1 Å². The van der Waals surface area contributed by atoms with Gasteiger partial charge < -0.3 is 3.79 Å². The molecule has 0 radical (unpaired) electrons. The van der Waals surface area contributed by atoms with Gasteiger partial charge in [-0.15, -0.1) is 0 Å². The van der Waals surface area contributed by atoms with Crippen molar-refractivity contribution in [3.8, 4) is 5.75 Å². The van der Waals surface area contributed by atoms with Crippen molar-refractivity contribution in [2.24, 2.45) is 0 Å². The van der Waals surface area contributed by atoms with Crippen molar-refractivity contribution in [2.75, 3.05) is 0 Å². The zero-order chi connectivity index (χ0) is 18.2. The Hall–Kier alpha value is -0.518. The lowest BCUT2D eigenvalue weighted by atomic mass is 10.1. The molecular weight excluding hydrogens is 326 g/mol. The van der Waals surface area contributed by atoms with E-state index < -0.39 is 14.5 Å². The Morgan fingerprint density at radius 3 is 1.72 bits per heavy atom. The van der Waals surface area contributed by atoms with Crippen molar-refractivity contribution in [1.29, 1.82) is 0 Å². The first-order chi connectivity index (χ1) is 12.3. The van der Waals surface area contributed by atoms with Gasteiger partial charge in [0.15, 0.2) is 5.82 Å². The Kier molecular flexibility index (Phi) is 14.2. The molecule has 1 rings (SSSR count). The van der Waals surface area contributed by atoms with Crippen LogP contribution in [0.5, 0.6) is 5.75 Å². The van der Waals surface area contributed by atoms with E-state index in [0.717, 1.165) is 0 Å². The number of rotatable bonds is 16. The Balaban J connectivity index is 2.34.